The van der Waals surface area contributed by atoms with Gasteiger partial charge in [0.1, 0.15) is 5.82 Å². The fourth-order valence-electron chi connectivity index (χ4n) is 4.72. The molecule has 0 saturated carbocycles. The zero-order chi connectivity index (χ0) is 25.1. The molecule has 1 fully saturated rings. The quantitative estimate of drug-likeness (QED) is 0.378. The highest BCUT2D eigenvalue weighted by atomic mass is 35.5. The minimum Gasteiger partial charge on any atom is -0.366 e. The molecule has 0 radical (unpaired) electrons. The maximum absolute atomic E-state index is 14.2. The summed E-state index contributed by atoms with van der Waals surface area (Å²) >= 11 is 5.88. The first-order chi connectivity index (χ1) is 17.5. The number of pyridine rings is 1. The van der Waals surface area contributed by atoms with E-state index in [0.717, 1.165) is 49.2 Å². The van der Waals surface area contributed by atoms with E-state index in [-0.39, 0.29) is 11.7 Å². The number of halogens is 2. The molecule has 2 aromatic heterocycles. The molecule has 8 heteroatoms. The van der Waals surface area contributed by atoms with Crippen LogP contribution >= 0.6 is 11.6 Å². The van der Waals surface area contributed by atoms with Gasteiger partial charge in [0.05, 0.1) is 10.7 Å². The molecule has 0 bridgehead atoms. The SMILES string of the molecule is NC(=O)c1ccnc(-c2ccc(F)cc2C2CCN(Cc3ccc(-c4ncc(Cl)cn4)cc3)CC2)c1. The predicted molar refractivity (Wildman–Crippen MR) is 138 cm³/mol. The molecule has 36 heavy (non-hydrogen) atoms. The highest BCUT2D eigenvalue weighted by Crippen LogP contribution is 2.36. The molecule has 0 aliphatic carbocycles. The Morgan fingerprint density at radius 1 is 1.00 bits per heavy atom. The molecule has 1 amide bonds. The Balaban J connectivity index is 1.26. The summed E-state index contributed by atoms with van der Waals surface area (Å²) in [5, 5.41) is 0.513. The molecule has 5 rings (SSSR count). The van der Waals surface area contributed by atoms with Crippen molar-refractivity contribution in [2.24, 2.45) is 5.73 Å². The lowest BCUT2D eigenvalue weighted by atomic mass is 9.85. The zero-order valence-corrected chi connectivity index (χ0v) is 20.3. The van der Waals surface area contributed by atoms with Crippen molar-refractivity contribution in [2.75, 3.05) is 13.1 Å². The van der Waals surface area contributed by atoms with E-state index in [1.54, 1.807) is 42.9 Å². The van der Waals surface area contributed by atoms with Crippen molar-refractivity contribution in [2.45, 2.75) is 25.3 Å². The summed E-state index contributed by atoms with van der Waals surface area (Å²) in [5.41, 5.74) is 10.4. The minimum absolute atomic E-state index is 0.204. The normalized spacial score (nSPS) is 14.6. The van der Waals surface area contributed by atoms with Crippen LogP contribution in [0.3, 0.4) is 0 Å². The number of nitrogens with zero attached hydrogens (tertiary/aromatic N) is 4. The Morgan fingerprint density at radius 2 is 1.72 bits per heavy atom. The van der Waals surface area contributed by atoms with Gasteiger partial charge in [-0.05, 0) is 73.3 Å². The first-order valence-corrected chi connectivity index (χ1v) is 12.2. The van der Waals surface area contributed by atoms with Crippen LogP contribution in [0.4, 0.5) is 4.39 Å². The monoisotopic (exact) mass is 501 g/mol. The number of amides is 1. The van der Waals surface area contributed by atoms with E-state index in [9.17, 15) is 9.18 Å². The zero-order valence-electron chi connectivity index (χ0n) is 19.6. The molecule has 0 spiro atoms. The maximum Gasteiger partial charge on any atom is 0.248 e. The molecular weight excluding hydrogens is 477 g/mol. The lowest BCUT2D eigenvalue weighted by molar-refractivity contribution is 0.1000. The van der Waals surface area contributed by atoms with E-state index in [4.69, 9.17) is 17.3 Å². The molecule has 1 aliphatic heterocycles. The highest BCUT2D eigenvalue weighted by molar-refractivity contribution is 6.30. The van der Waals surface area contributed by atoms with Gasteiger partial charge in [-0.15, -0.1) is 0 Å². The first-order valence-electron chi connectivity index (χ1n) is 11.8. The van der Waals surface area contributed by atoms with Crippen molar-refractivity contribution in [3.05, 3.63) is 101 Å². The lowest BCUT2D eigenvalue weighted by Crippen LogP contribution is -2.32. The number of nitrogens with two attached hydrogens (primary N) is 1. The number of aromatic nitrogens is 3. The Bertz CT molecular complexity index is 1370. The van der Waals surface area contributed by atoms with Gasteiger partial charge in [0, 0.05) is 41.8 Å². The minimum atomic E-state index is -0.510. The number of benzene rings is 2. The fourth-order valence-corrected chi connectivity index (χ4v) is 4.81. The Labute approximate surface area is 214 Å². The van der Waals surface area contributed by atoms with Gasteiger partial charge in [0.15, 0.2) is 5.82 Å². The summed E-state index contributed by atoms with van der Waals surface area (Å²) in [4.78, 5) is 27.0. The van der Waals surface area contributed by atoms with Crippen LogP contribution in [0.2, 0.25) is 5.02 Å². The van der Waals surface area contributed by atoms with Crippen LogP contribution in [0, 0.1) is 5.82 Å². The van der Waals surface area contributed by atoms with Crippen molar-refractivity contribution < 1.29 is 9.18 Å². The molecule has 1 aliphatic rings. The molecule has 0 atom stereocenters. The first kappa shape index (κ1) is 24.0. The van der Waals surface area contributed by atoms with E-state index in [2.05, 4.69) is 32.0 Å². The molecule has 0 unspecified atom stereocenters. The number of likely N-dealkylation sites (tertiary alicyclic amines) is 1. The third-order valence-corrected chi connectivity index (χ3v) is 6.80. The molecule has 2 N–H and O–H groups in total. The van der Waals surface area contributed by atoms with Crippen LogP contribution in [0.15, 0.2) is 73.2 Å². The number of primary amides is 1. The van der Waals surface area contributed by atoms with Crippen LogP contribution in [0.25, 0.3) is 22.6 Å². The van der Waals surface area contributed by atoms with Crippen LogP contribution in [0.1, 0.15) is 40.2 Å². The van der Waals surface area contributed by atoms with Gasteiger partial charge in [-0.25, -0.2) is 14.4 Å². The van der Waals surface area contributed by atoms with E-state index >= 15 is 0 Å². The molecule has 3 heterocycles. The van der Waals surface area contributed by atoms with Crippen molar-refractivity contribution in [1.29, 1.82) is 0 Å². The number of rotatable bonds is 6. The second-order valence-corrected chi connectivity index (χ2v) is 9.43. The van der Waals surface area contributed by atoms with Crippen molar-refractivity contribution in [1.82, 2.24) is 19.9 Å². The van der Waals surface area contributed by atoms with E-state index in [1.165, 1.54) is 11.6 Å². The summed E-state index contributed by atoms with van der Waals surface area (Å²) in [5.74, 6) is 0.0697. The Kier molecular flexibility index (Phi) is 7.02. The Hall–Kier alpha value is -3.68. The van der Waals surface area contributed by atoms with Crippen LogP contribution in [-0.2, 0) is 6.54 Å². The lowest BCUT2D eigenvalue weighted by Gasteiger charge is -2.33. The molecule has 182 valence electrons. The van der Waals surface area contributed by atoms with Crippen LogP contribution in [0.5, 0.6) is 0 Å². The number of hydrogen-bond acceptors (Lipinski definition) is 5. The topological polar surface area (TPSA) is 85.0 Å². The summed E-state index contributed by atoms with van der Waals surface area (Å²) < 4.78 is 14.2. The van der Waals surface area contributed by atoms with Gasteiger partial charge >= 0.3 is 0 Å². The summed E-state index contributed by atoms with van der Waals surface area (Å²) in [7, 11) is 0. The Morgan fingerprint density at radius 3 is 2.42 bits per heavy atom. The van der Waals surface area contributed by atoms with E-state index < -0.39 is 5.91 Å². The highest BCUT2D eigenvalue weighted by Gasteiger charge is 2.24. The summed E-state index contributed by atoms with van der Waals surface area (Å²) in [6.45, 7) is 2.64. The summed E-state index contributed by atoms with van der Waals surface area (Å²) in [6, 6.07) is 16.3. The number of carbonyl (C=O) groups is 1. The van der Waals surface area contributed by atoms with Crippen LogP contribution in [-0.4, -0.2) is 38.8 Å². The van der Waals surface area contributed by atoms with Crippen molar-refractivity contribution in [3.8, 4) is 22.6 Å². The number of hydrogen-bond donors (Lipinski definition) is 1. The van der Waals surface area contributed by atoms with Gasteiger partial charge in [0.2, 0.25) is 5.91 Å². The third-order valence-electron chi connectivity index (χ3n) is 6.60. The standard InChI is InChI=1S/C28H25ClFN5O/c29-22-15-33-28(34-16-22)20-3-1-18(2-4-20)17-35-11-8-19(9-12-35)25-14-23(30)5-6-24(25)26-13-21(27(31)36)7-10-32-26/h1-7,10,13-16,19H,8-9,11-12,17H2,(H2,31,36). The smallest absolute Gasteiger partial charge is 0.248 e. The van der Waals surface area contributed by atoms with Crippen molar-refractivity contribution in [3.63, 3.8) is 0 Å². The van der Waals surface area contributed by atoms with Gasteiger partial charge in [-0.1, -0.05) is 35.9 Å². The average Bonchev–Trinajstić information content (AvgIpc) is 2.90. The molecule has 4 aromatic rings. The largest absolute Gasteiger partial charge is 0.366 e. The maximum atomic E-state index is 14.2. The molecule has 6 nitrogen and oxygen atoms in total. The van der Waals surface area contributed by atoms with Crippen molar-refractivity contribution >= 4 is 17.5 Å². The molecular formula is C28H25ClFN5O. The fraction of sp³-hybridized carbons (Fsp3) is 0.214. The van der Waals surface area contributed by atoms with Gasteiger partial charge in [-0.2, -0.15) is 0 Å². The number of piperidine rings is 1. The third kappa shape index (κ3) is 5.42. The van der Waals surface area contributed by atoms with Gasteiger partial charge < -0.3 is 5.73 Å². The van der Waals surface area contributed by atoms with Gasteiger partial charge in [-0.3, -0.25) is 14.7 Å². The predicted octanol–water partition coefficient (Wildman–Crippen LogP) is 5.48. The van der Waals surface area contributed by atoms with E-state index in [0.29, 0.717) is 22.1 Å². The average molecular weight is 502 g/mol. The summed E-state index contributed by atoms with van der Waals surface area (Å²) in [6.07, 6.45) is 6.56. The van der Waals surface area contributed by atoms with E-state index in [1.807, 2.05) is 12.1 Å². The second-order valence-electron chi connectivity index (χ2n) is 9.00. The number of carbonyl (C=O) groups excluding carboxylic acids is 1. The molecule has 2 aromatic carbocycles. The second kappa shape index (κ2) is 10.5. The van der Waals surface area contributed by atoms with Crippen LogP contribution < -0.4 is 5.73 Å². The molecule has 1 saturated heterocycles. The van der Waals surface area contributed by atoms with Gasteiger partial charge in [0.25, 0.3) is 0 Å².